The first-order valence-corrected chi connectivity index (χ1v) is 5.52. The number of carbonyl (C=O) groups excluding carboxylic acids is 1. The van der Waals surface area contributed by atoms with Crippen LogP contribution in [-0.4, -0.2) is 5.97 Å². The molecule has 2 aromatic rings. The second-order valence-corrected chi connectivity index (χ2v) is 4.09. The van der Waals surface area contributed by atoms with E-state index in [-0.39, 0.29) is 12.1 Å². The molecule has 0 aromatic heterocycles. The Bertz CT molecular complexity index is 540. The van der Waals surface area contributed by atoms with Gasteiger partial charge in [0.25, 0.3) is 0 Å². The molecular formula is C14H12O2. The topological polar surface area (TPSA) is 26.3 Å². The van der Waals surface area contributed by atoms with Crippen molar-refractivity contribution in [3.63, 3.8) is 0 Å². The largest absolute Gasteiger partial charge is 0.457 e. The Hall–Kier alpha value is -1.83. The Balaban J connectivity index is 2.13. The molecule has 2 aromatic carbocycles. The van der Waals surface area contributed by atoms with Crippen molar-refractivity contribution >= 4 is 16.7 Å². The number of cyclic esters (lactones) is 1. The minimum Gasteiger partial charge on any atom is -0.457 e. The fourth-order valence-corrected chi connectivity index (χ4v) is 2.28. The zero-order chi connectivity index (χ0) is 11.0. The van der Waals surface area contributed by atoms with Crippen LogP contribution < -0.4 is 0 Å². The highest BCUT2D eigenvalue weighted by atomic mass is 16.5. The van der Waals surface area contributed by atoms with Crippen LogP contribution >= 0.6 is 0 Å². The quantitative estimate of drug-likeness (QED) is 0.678. The fourth-order valence-electron chi connectivity index (χ4n) is 2.28. The summed E-state index contributed by atoms with van der Waals surface area (Å²) >= 11 is 0. The molecule has 3 rings (SSSR count). The Morgan fingerprint density at radius 1 is 1.06 bits per heavy atom. The van der Waals surface area contributed by atoms with Crippen molar-refractivity contribution in [3.05, 3.63) is 48.0 Å². The van der Waals surface area contributed by atoms with Gasteiger partial charge >= 0.3 is 5.97 Å². The maximum atomic E-state index is 11.1. The van der Waals surface area contributed by atoms with Crippen LogP contribution in [0.15, 0.2) is 42.5 Å². The Kier molecular flexibility index (Phi) is 2.13. The van der Waals surface area contributed by atoms with E-state index in [0.29, 0.717) is 6.42 Å². The molecule has 0 bridgehead atoms. The van der Waals surface area contributed by atoms with Gasteiger partial charge < -0.3 is 4.74 Å². The summed E-state index contributed by atoms with van der Waals surface area (Å²) in [7, 11) is 0. The summed E-state index contributed by atoms with van der Waals surface area (Å²) in [5, 5.41) is 2.38. The molecular weight excluding hydrogens is 200 g/mol. The van der Waals surface area contributed by atoms with Crippen molar-refractivity contribution in [2.75, 3.05) is 0 Å². The minimum absolute atomic E-state index is 0.0569. The van der Waals surface area contributed by atoms with Gasteiger partial charge in [0.1, 0.15) is 6.10 Å². The summed E-state index contributed by atoms with van der Waals surface area (Å²) in [5.41, 5.74) is 1.13. The van der Waals surface area contributed by atoms with E-state index in [1.165, 1.54) is 10.8 Å². The van der Waals surface area contributed by atoms with Gasteiger partial charge in [0.05, 0.1) is 0 Å². The molecule has 2 heteroatoms. The highest BCUT2D eigenvalue weighted by molar-refractivity contribution is 5.86. The fraction of sp³-hybridized carbons (Fsp3) is 0.214. The average molecular weight is 212 g/mol. The lowest BCUT2D eigenvalue weighted by molar-refractivity contribution is -0.141. The third-order valence-corrected chi connectivity index (χ3v) is 3.05. The monoisotopic (exact) mass is 212 g/mol. The van der Waals surface area contributed by atoms with Gasteiger partial charge in [0.15, 0.2) is 0 Å². The molecule has 16 heavy (non-hydrogen) atoms. The van der Waals surface area contributed by atoms with Crippen LogP contribution in [-0.2, 0) is 9.53 Å². The van der Waals surface area contributed by atoms with Crippen molar-refractivity contribution in [2.24, 2.45) is 0 Å². The van der Waals surface area contributed by atoms with Crippen LogP contribution in [0.4, 0.5) is 0 Å². The predicted octanol–water partition coefficient (Wildman–Crippen LogP) is 3.22. The standard InChI is InChI=1S/C14H12O2/c15-14-9-8-13(16-14)12-7-3-5-10-4-1-2-6-11(10)12/h1-7,13H,8-9H2/t13-/m0/s1. The number of hydrogen-bond acceptors (Lipinski definition) is 2. The maximum absolute atomic E-state index is 11.1. The normalized spacial score (nSPS) is 20.0. The van der Waals surface area contributed by atoms with Crippen molar-refractivity contribution in [2.45, 2.75) is 18.9 Å². The third-order valence-electron chi connectivity index (χ3n) is 3.05. The molecule has 0 N–H and O–H groups in total. The summed E-state index contributed by atoms with van der Waals surface area (Å²) in [6, 6.07) is 14.3. The van der Waals surface area contributed by atoms with Crippen molar-refractivity contribution in [3.8, 4) is 0 Å². The SMILES string of the molecule is O=C1CC[C@@H](c2cccc3ccccc23)O1. The predicted molar refractivity (Wildman–Crippen MR) is 62.0 cm³/mol. The van der Waals surface area contributed by atoms with Crippen LogP contribution in [0.2, 0.25) is 0 Å². The molecule has 0 amide bonds. The van der Waals surface area contributed by atoms with Gasteiger partial charge in [0, 0.05) is 12.0 Å². The van der Waals surface area contributed by atoms with E-state index in [1.54, 1.807) is 0 Å². The summed E-state index contributed by atoms with van der Waals surface area (Å²) < 4.78 is 5.32. The zero-order valence-electron chi connectivity index (χ0n) is 8.85. The molecule has 1 fully saturated rings. The molecule has 80 valence electrons. The number of carbonyl (C=O) groups is 1. The first kappa shape index (κ1) is 9.40. The molecule has 0 saturated carbocycles. The molecule has 1 saturated heterocycles. The van der Waals surface area contributed by atoms with Gasteiger partial charge in [-0.3, -0.25) is 4.79 Å². The number of ether oxygens (including phenoxy) is 1. The smallest absolute Gasteiger partial charge is 0.306 e. The second-order valence-electron chi connectivity index (χ2n) is 4.09. The molecule has 0 spiro atoms. The van der Waals surface area contributed by atoms with E-state index in [0.717, 1.165) is 12.0 Å². The highest BCUT2D eigenvalue weighted by Crippen LogP contribution is 2.33. The van der Waals surface area contributed by atoms with Crippen LogP contribution in [0.3, 0.4) is 0 Å². The van der Waals surface area contributed by atoms with Crippen molar-refractivity contribution in [1.29, 1.82) is 0 Å². The van der Waals surface area contributed by atoms with E-state index in [4.69, 9.17) is 4.74 Å². The summed E-state index contributed by atoms with van der Waals surface area (Å²) in [6.45, 7) is 0. The van der Waals surface area contributed by atoms with Crippen molar-refractivity contribution in [1.82, 2.24) is 0 Å². The lowest BCUT2D eigenvalue weighted by Gasteiger charge is -2.12. The van der Waals surface area contributed by atoms with Gasteiger partial charge in [0.2, 0.25) is 0 Å². The van der Waals surface area contributed by atoms with Crippen LogP contribution in [0.25, 0.3) is 10.8 Å². The Morgan fingerprint density at radius 2 is 1.88 bits per heavy atom. The van der Waals surface area contributed by atoms with E-state index < -0.39 is 0 Å². The Labute approximate surface area is 93.8 Å². The summed E-state index contributed by atoms with van der Waals surface area (Å²) in [5.74, 6) is -0.0852. The lowest BCUT2D eigenvalue weighted by atomic mass is 9.99. The van der Waals surface area contributed by atoms with Gasteiger partial charge in [-0.05, 0) is 17.2 Å². The molecule has 0 unspecified atom stereocenters. The summed E-state index contributed by atoms with van der Waals surface area (Å²) in [4.78, 5) is 11.1. The second kappa shape index (κ2) is 3.63. The maximum Gasteiger partial charge on any atom is 0.306 e. The van der Waals surface area contributed by atoms with E-state index in [2.05, 4.69) is 18.2 Å². The van der Waals surface area contributed by atoms with E-state index in [9.17, 15) is 4.79 Å². The lowest BCUT2D eigenvalue weighted by Crippen LogP contribution is -1.99. The van der Waals surface area contributed by atoms with Gasteiger partial charge in [-0.1, -0.05) is 42.5 Å². The van der Waals surface area contributed by atoms with Crippen LogP contribution in [0.1, 0.15) is 24.5 Å². The minimum atomic E-state index is -0.0852. The number of rotatable bonds is 1. The average Bonchev–Trinajstić information content (AvgIpc) is 2.75. The molecule has 1 atom stereocenters. The number of fused-ring (bicyclic) bond motifs is 1. The van der Waals surface area contributed by atoms with E-state index in [1.807, 2.05) is 24.3 Å². The molecule has 1 aliphatic heterocycles. The van der Waals surface area contributed by atoms with Crippen LogP contribution in [0, 0.1) is 0 Å². The molecule has 1 heterocycles. The van der Waals surface area contributed by atoms with E-state index >= 15 is 0 Å². The first-order valence-electron chi connectivity index (χ1n) is 5.52. The third kappa shape index (κ3) is 1.47. The number of esters is 1. The summed E-state index contributed by atoms with van der Waals surface area (Å²) in [6.07, 6.45) is 1.28. The highest BCUT2D eigenvalue weighted by Gasteiger charge is 2.25. The molecule has 0 aliphatic carbocycles. The van der Waals surface area contributed by atoms with Crippen molar-refractivity contribution < 1.29 is 9.53 Å². The van der Waals surface area contributed by atoms with Gasteiger partial charge in [-0.15, -0.1) is 0 Å². The molecule has 2 nitrogen and oxygen atoms in total. The van der Waals surface area contributed by atoms with Gasteiger partial charge in [-0.25, -0.2) is 0 Å². The van der Waals surface area contributed by atoms with Crippen LogP contribution in [0.5, 0.6) is 0 Å². The zero-order valence-corrected chi connectivity index (χ0v) is 8.85. The Morgan fingerprint density at radius 3 is 2.69 bits per heavy atom. The van der Waals surface area contributed by atoms with Gasteiger partial charge in [-0.2, -0.15) is 0 Å². The number of benzene rings is 2. The molecule has 1 aliphatic rings. The first-order chi connectivity index (χ1) is 7.84. The molecule has 0 radical (unpaired) electrons. The number of hydrogen-bond donors (Lipinski definition) is 0.